The highest BCUT2D eigenvalue weighted by Gasteiger charge is 2.20. The third-order valence-corrected chi connectivity index (χ3v) is 3.52. The number of unbranched alkanes of at least 4 members (excludes halogenated alkanes) is 1. The molecule has 3 heteroatoms. The molecule has 1 heterocycles. The minimum absolute atomic E-state index is 0.0963. The van der Waals surface area contributed by atoms with Gasteiger partial charge >= 0.3 is 0 Å². The van der Waals surface area contributed by atoms with Gasteiger partial charge in [-0.3, -0.25) is 4.90 Å². The van der Waals surface area contributed by atoms with Crippen LogP contribution in [0.2, 0.25) is 0 Å². The van der Waals surface area contributed by atoms with Gasteiger partial charge in [0.15, 0.2) is 0 Å². The number of hydrogen-bond acceptors (Lipinski definition) is 3. The monoisotopic (exact) mass is 245 g/mol. The third-order valence-electron chi connectivity index (χ3n) is 3.52. The van der Waals surface area contributed by atoms with Crippen molar-refractivity contribution in [2.45, 2.75) is 38.8 Å². The molecule has 1 aliphatic heterocycles. The van der Waals surface area contributed by atoms with Crippen molar-refractivity contribution in [3.05, 3.63) is 35.4 Å². The van der Waals surface area contributed by atoms with Gasteiger partial charge in [0.1, 0.15) is 6.17 Å². The first kappa shape index (κ1) is 13.1. The number of hydrogen-bond donors (Lipinski definition) is 1. The second-order valence-corrected chi connectivity index (χ2v) is 5.07. The van der Waals surface area contributed by atoms with Gasteiger partial charge in [-0.2, -0.15) is 0 Å². The van der Waals surface area contributed by atoms with Crippen molar-refractivity contribution in [3.8, 4) is 0 Å². The Hall–Kier alpha value is -1.35. The summed E-state index contributed by atoms with van der Waals surface area (Å²) < 4.78 is 0. The predicted molar refractivity (Wildman–Crippen MR) is 76.7 cm³/mol. The van der Waals surface area contributed by atoms with E-state index in [2.05, 4.69) is 48.1 Å². The van der Waals surface area contributed by atoms with Crippen LogP contribution in [0.15, 0.2) is 29.3 Å². The highest BCUT2D eigenvalue weighted by molar-refractivity contribution is 5.81. The van der Waals surface area contributed by atoms with E-state index in [1.54, 1.807) is 0 Å². The molecule has 1 aromatic rings. The van der Waals surface area contributed by atoms with Crippen molar-refractivity contribution in [1.82, 2.24) is 4.90 Å². The summed E-state index contributed by atoms with van der Waals surface area (Å²) in [5.74, 6) is 0.771. The van der Waals surface area contributed by atoms with Gasteiger partial charge in [-0.1, -0.05) is 37.6 Å². The van der Waals surface area contributed by atoms with Gasteiger partial charge in [0, 0.05) is 13.0 Å². The lowest BCUT2D eigenvalue weighted by Crippen LogP contribution is -2.34. The average molecular weight is 245 g/mol. The molecule has 3 nitrogen and oxygen atoms in total. The van der Waals surface area contributed by atoms with Crippen LogP contribution in [0.4, 0.5) is 0 Å². The van der Waals surface area contributed by atoms with E-state index in [1.165, 1.54) is 30.4 Å². The van der Waals surface area contributed by atoms with Gasteiger partial charge in [-0.15, -0.1) is 0 Å². The Balaban J connectivity index is 2.11. The van der Waals surface area contributed by atoms with E-state index >= 15 is 0 Å². The van der Waals surface area contributed by atoms with Crippen LogP contribution in [0, 0.1) is 0 Å². The van der Waals surface area contributed by atoms with Crippen molar-refractivity contribution >= 4 is 5.84 Å². The van der Waals surface area contributed by atoms with Crippen molar-refractivity contribution in [1.29, 1.82) is 0 Å². The minimum atomic E-state index is 0.0963. The number of amidine groups is 1. The summed E-state index contributed by atoms with van der Waals surface area (Å²) >= 11 is 0. The normalized spacial score (nSPS) is 20.8. The largest absolute Gasteiger partial charge is 0.387 e. The second kappa shape index (κ2) is 6.01. The third kappa shape index (κ3) is 3.10. The van der Waals surface area contributed by atoms with Crippen LogP contribution < -0.4 is 5.73 Å². The Morgan fingerprint density at radius 2 is 2.06 bits per heavy atom. The summed E-state index contributed by atoms with van der Waals surface area (Å²) in [5, 5.41) is 0. The maximum absolute atomic E-state index is 5.84. The maximum Gasteiger partial charge on any atom is 0.129 e. The lowest BCUT2D eigenvalue weighted by molar-refractivity contribution is 0.246. The number of nitrogens with two attached hydrogens (primary N) is 1. The van der Waals surface area contributed by atoms with Gasteiger partial charge in [-0.25, -0.2) is 4.99 Å². The summed E-state index contributed by atoms with van der Waals surface area (Å²) in [6.45, 7) is 3.21. The zero-order valence-corrected chi connectivity index (χ0v) is 11.4. The second-order valence-electron chi connectivity index (χ2n) is 5.07. The zero-order valence-electron chi connectivity index (χ0n) is 11.4. The minimum Gasteiger partial charge on any atom is -0.387 e. The molecule has 0 aliphatic carbocycles. The molecule has 0 fully saturated rings. The molecular formula is C15H23N3. The number of rotatable bonds is 4. The molecule has 0 amide bonds. The lowest BCUT2D eigenvalue weighted by atomic mass is 10.0. The zero-order chi connectivity index (χ0) is 13.0. The fraction of sp³-hybridized carbons (Fsp3) is 0.533. The van der Waals surface area contributed by atoms with E-state index in [4.69, 9.17) is 5.73 Å². The van der Waals surface area contributed by atoms with Crippen molar-refractivity contribution < 1.29 is 0 Å². The smallest absolute Gasteiger partial charge is 0.129 e. The maximum atomic E-state index is 5.84. The number of nitrogens with zero attached hydrogens (tertiary/aromatic N) is 2. The number of benzene rings is 1. The molecule has 0 aromatic heterocycles. The Morgan fingerprint density at radius 3 is 2.72 bits per heavy atom. The molecule has 1 aromatic carbocycles. The van der Waals surface area contributed by atoms with E-state index in [0.717, 1.165) is 18.8 Å². The molecule has 0 saturated carbocycles. The Labute approximate surface area is 110 Å². The molecule has 2 N–H and O–H groups in total. The average Bonchev–Trinajstić information content (AvgIpc) is 2.40. The molecule has 1 unspecified atom stereocenters. The van der Waals surface area contributed by atoms with Crippen LogP contribution in [0.25, 0.3) is 0 Å². The first-order valence-corrected chi connectivity index (χ1v) is 6.82. The van der Waals surface area contributed by atoms with E-state index < -0.39 is 0 Å². The molecule has 1 aliphatic rings. The van der Waals surface area contributed by atoms with E-state index in [9.17, 15) is 0 Å². The van der Waals surface area contributed by atoms with Gasteiger partial charge in [-0.05, 0) is 31.0 Å². The van der Waals surface area contributed by atoms with Gasteiger partial charge < -0.3 is 5.73 Å². The van der Waals surface area contributed by atoms with Gasteiger partial charge in [0.2, 0.25) is 0 Å². The van der Waals surface area contributed by atoms with Crippen LogP contribution in [0.1, 0.15) is 43.5 Å². The van der Waals surface area contributed by atoms with E-state index in [-0.39, 0.29) is 6.17 Å². The highest BCUT2D eigenvalue weighted by Crippen LogP contribution is 2.24. The SMILES string of the molecule is CCCCc1ccc(C2N=C(N)CCN2C)cc1. The van der Waals surface area contributed by atoms with E-state index in [0.29, 0.717) is 0 Å². The molecular weight excluding hydrogens is 222 g/mol. The summed E-state index contributed by atoms with van der Waals surface area (Å²) in [7, 11) is 2.10. The Kier molecular flexibility index (Phi) is 4.37. The molecule has 98 valence electrons. The van der Waals surface area contributed by atoms with E-state index in [1.807, 2.05) is 0 Å². The van der Waals surface area contributed by atoms with Crippen LogP contribution in [-0.4, -0.2) is 24.3 Å². The first-order valence-electron chi connectivity index (χ1n) is 6.82. The van der Waals surface area contributed by atoms with Crippen molar-refractivity contribution in [2.75, 3.05) is 13.6 Å². The summed E-state index contributed by atoms with van der Waals surface area (Å²) in [4.78, 5) is 6.79. The molecule has 1 atom stereocenters. The molecule has 2 rings (SSSR count). The van der Waals surface area contributed by atoms with Crippen LogP contribution >= 0.6 is 0 Å². The van der Waals surface area contributed by atoms with Crippen LogP contribution in [0.5, 0.6) is 0 Å². The Bertz CT molecular complexity index is 408. The standard InChI is InChI=1S/C15H23N3/c1-3-4-5-12-6-8-13(9-7-12)15-17-14(16)10-11-18(15)2/h6-9,15H,3-5,10-11H2,1-2H3,(H2,16,17). The highest BCUT2D eigenvalue weighted by atomic mass is 15.2. The van der Waals surface area contributed by atoms with Crippen LogP contribution in [-0.2, 0) is 6.42 Å². The molecule has 0 saturated heterocycles. The summed E-state index contributed by atoms with van der Waals surface area (Å²) in [5.41, 5.74) is 8.49. The number of aryl methyl sites for hydroxylation is 1. The van der Waals surface area contributed by atoms with Crippen molar-refractivity contribution in [2.24, 2.45) is 10.7 Å². The van der Waals surface area contributed by atoms with Gasteiger partial charge in [0.05, 0.1) is 5.84 Å². The fourth-order valence-corrected chi connectivity index (χ4v) is 2.30. The first-order chi connectivity index (χ1) is 8.70. The summed E-state index contributed by atoms with van der Waals surface area (Å²) in [6, 6.07) is 8.82. The van der Waals surface area contributed by atoms with Crippen molar-refractivity contribution in [3.63, 3.8) is 0 Å². The van der Waals surface area contributed by atoms with Crippen LogP contribution in [0.3, 0.4) is 0 Å². The van der Waals surface area contributed by atoms with Gasteiger partial charge in [0.25, 0.3) is 0 Å². The molecule has 18 heavy (non-hydrogen) atoms. The quantitative estimate of drug-likeness (QED) is 0.886. The molecule has 0 radical (unpaired) electrons. The number of aliphatic imine (C=N–C) groups is 1. The topological polar surface area (TPSA) is 41.6 Å². The fourth-order valence-electron chi connectivity index (χ4n) is 2.30. The summed E-state index contributed by atoms with van der Waals surface area (Å²) in [6.07, 6.45) is 4.64. The lowest BCUT2D eigenvalue weighted by Gasteiger charge is -2.29. The predicted octanol–water partition coefficient (Wildman–Crippen LogP) is 2.72. The molecule has 0 bridgehead atoms. The molecule has 0 spiro atoms. The Morgan fingerprint density at radius 1 is 1.33 bits per heavy atom.